The first-order chi connectivity index (χ1) is 11.8. The lowest BCUT2D eigenvalue weighted by Gasteiger charge is -2.21. The molecule has 7 nitrogen and oxygen atoms in total. The lowest BCUT2D eigenvalue weighted by Crippen LogP contribution is -2.45. The van der Waals surface area contributed by atoms with Crippen molar-refractivity contribution in [1.29, 1.82) is 0 Å². The zero-order valence-corrected chi connectivity index (χ0v) is 17.2. The third-order valence-electron chi connectivity index (χ3n) is 4.86. The first-order valence-electron chi connectivity index (χ1n) is 9.08. The lowest BCUT2D eigenvalue weighted by atomic mass is 10.1. The van der Waals surface area contributed by atoms with Gasteiger partial charge in [-0.05, 0) is 32.3 Å². The zero-order chi connectivity index (χ0) is 16.8. The summed E-state index contributed by atoms with van der Waals surface area (Å²) in [5.74, 6) is 1.43. The van der Waals surface area contributed by atoms with Gasteiger partial charge in [-0.1, -0.05) is 12.8 Å². The van der Waals surface area contributed by atoms with Crippen LogP contribution in [0.1, 0.15) is 44.7 Å². The van der Waals surface area contributed by atoms with Gasteiger partial charge in [-0.15, -0.1) is 24.0 Å². The maximum absolute atomic E-state index is 12.5. The fraction of sp³-hybridized carbons (Fsp3) is 0.706. The van der Waals surface area contributed by atoms with Gasteiger partial charge in [-0.25, -0.2) is 4.99 Å². The van der Waals surface area contributed by atoms with Crippen molar-refractivity contribution in [1.82, 2.24) is 25.7 Å². The molecule has 3 N–H and O–H groups in total. The molecule has 0 bridgehead atoms. The van der Waals surface area contributed by atoms with E-state index in [-0.39, 0.29) is 35.9 Å². The molecule has 0 aromatic carbocycles. The molecule has 1 amide bonds. The largest absolute Gasteiger partial charge is 0.357 e. The van der Waals surface area contributed by atoms with Gasteiger partial charge in [0.25, 0.3) is 0 Å². The van der Waals surface area contributed by atoms with Gasteiger partial charge in [-0.3, -0.25) is 9.89 Å². The quantitative estimate of drug-likeness (QED) is 0.356. The van der Waals surface area contributed by atoms with Crippen LogP contribution in [0.2, 0.25) is 0 Å². The number of amides is 1. The van der Waals surface area contributed by atoms with Gasteiger partial charge >= 0.3 is 0 Å². The van der Waals surface area contributed by atoms with E-state index in [2.05, 4.69) is 32.7 Å². The number of guanidine groups is 1. The number of aromatic amines is 1. The predicted octanol–water partition coefficient (Wildman–Crippen LogP) is 1.87. The van der Waals surface area contributed by atoms with Gasteiger partial charge in [-0.2, -0.15) is 5.10 Å². The Morgan fingerprint density at radius 2 is 2.20 bits per heavy atom. The van der Waals surface area contributed by atoms with Crippen LogP contribution in [-0.4, -0.2) is 52.6 Å². The van der Waals surface area contributed by atoms with Crippen molar-refractivity contribution in [2.75, 3.05) is 19.6 Å². The number of hydrogen-bond donors (Lipinski definition) is 3. The van der Waals surface area contributed by atoms with Crippen molar-refractivity contribution < 1.29 is 4.79 Å². The lowest BCUT2D eigenvalue weighted by molar-refractivity contribution is -0.134. The second-order valence-electron chi connectivity index (χ2n) is 6.67. The van der Waals surface area contributed by atoms with E-state index in [1.54, 1.807) is 6.20 Å². The number of nitrogens with one attached hydrogen (secondary N) is 3. The Morgan fingerprint density at radius 3 is 2.88 bits per heavy atom. The van der Waals surface area contributed by atoms with Crippen LogP contribution in [0.25, 0.3) is 0 Å². The number of carbonyl (C=O) groups excluding carboxylic acids is 1. The van der Waals surface area contributed by atoms with Crippen LogP contribution in [0, 0.1) is 5.92 Å². The van der Waals surface area contributed by atoms with Crippen LogP contribution >= 0.6 is 24.0 Å². The molecule has 140 valence electrons. The molecule has 2 fully saturated rings. The third-order valence-corrected chi connectivity index (χ3v) is 4.86. The van der Waals surface area contributed by atoms with Crippen LogP contribution in [0.5, 0.6) is 0 Å². The summed E-state index contributed by atoms with van der Waals surface area (Å²) in [6.07, 6.45) is 7.26. The highest BCUT2D eigenvalue weighted by Crippen LogP contribution is 2.27. The molecule has 1 aliphatic carbocycles. The van der Waals surface area contributed by atoms with E-state index in [0.717, 1.165) is 50.6 Å². The Morgan fingerprint density at radius 1 is 1.40 bits per heavy atom. The number of likely N-dealkylation sites (tertiary alicyclic amines) is 1. The van der Waals surface area contributed by atoms with Crippen molar-refractivity contribution in [3.05, 3.63) is 18.0 Å². The summed E-state index contributed by atoms with van der Waals surface area (Å²) >= 11 is 0. The molecule has 8 heteroatoms. The Kier molecular flexibility index (Phi) is 7.98. The highest BCUT2D eigenvalue weighted by atomic mass is 127. The van der Waals surface area contributed by atoms with Gasteiger partial charge in [0, 0.05) is 37.8 Å². The van der Waals surface area contributed by atoms with Gasteiger partial charge in [0.1, 0.15) is 0 Å². The number of rotatable bonds is 5. The number of H-pyrrole nitrogens is 1. The van der Waals surface area contributed by atoms with Gasteiger partial charge in [0.15, 0.2) is 5.96 Å². The molecule has 3 rings (SSSR count). The summed E-state index contributed by atoms with van der Waals surface area (Å²) < 4.78 is 0. The summed E-state index contributed by atoms with van der Waals surface area (Å²) in [4.78, 5) is 19.1. The number of aliphatic imine (C=N–C) groups is 1. The van der Waals surface area contributed by atoms with Crippen molar-refractivity contribution >= 4 is 35.8 Å². The summed E-state index contributed by atoms with van der Waals surface area (Å²) in [7, 11) is 0. The monoisotopic (exact) mass is 460 g/mol. The fourth-order valence-corrected chi connectivity index (χ4v) is 3.56. The van der Waals surface area contributed by atoms with E-state index in [1.165, 1.54) is 12.8 Å². The summed E-state index contributed by atoms with van der Waals surface area (Å²) in [6, 6.07) is 2.19. The Labute approximate surface area is 166 Å². The molecule has 0 radical (unpaired) electrons. The normalized spacial score (nSPS) is 21.2. The maximum Gasteiger partial charge on any atom is 0.225 e. The van der Waals surface area contributed by atoms with E-state index >= 15 is 0 Å². The van der Waals surface area contributed by atoms with E-state index in [1.807, 2.05) is 11.0 Å². The number of carbonyl (C=O) groups is 1. The average Bonchev–Trinajstić information content (AvgIpc) is 3.33. The molecule has 1 atom stereocenters. The van der Waals surface area contributed by atoms with Gasteiger partial charge < -0.3 is 15.5 Å². The smallest absolute Gasteiger partial charge is 0.225 e. The predicted molar refractivity (Wildman–Crippen MR) is 109 cm³/mol. The Bertz CT molecular complexity index is 555. The summed E-state index contributed by atoms with van der Waals surface area (Å²) in [5.41, 5.74) is 0.983. The minimum Gasteiger partial charge on any atom is -0.357 e. The average molecular weight is 460 g/mol. The molecular formula is C17H29IN6O. The minimum atomic E-state index is 0. The first-order valence-corrected chi connectivity index (χ1v) is 9.08. The number of halogens is 1. The van der Waals surface area contributed by atoms with Crippen molar-refractivity contribution in [3.63, 3.8) is 0 Å². The van der Waals surface area contributed by atoms with E-state index in [0.29, 0.717) is 12.5 Å². The van der Waals surface area contributed by atoms with Crippen LogP contribution in [0.3, 0.4) is 0 Å². The van der Waals surface area contributed by atoms with E-state index in [4.69, 9.17) is 0 Å². The van der Waals surface area contributed by atoms with Gasteiger partial charge in [0.05, 0.1) is 12.2 Å². The Hall–Kier alpha value is -1.32. The number of aromatic nitrogens is 2. The number of nitrogens with zero attached hydrogens (tertiary/aromatic N) is 3. The molecule has 25 heavy (non-hydrogen) atoms. The van der Waals surface area contributed by atoms with Crippen LogP contribution in [0.4, 0.5) is 0 Å². The van der Waals surface area contributed by atoms with Gasteiger partial charge in [0.2, 0.25) is 5.91 Å². The molecule has 1 aromatic rings. The second kappa shape index (κ2) is 9.98. The molecular weight excluding hydrogens is 431 g/mol. The van der Waals surface area contributed by atoms with Crippen molar-refractivity contribution in [2.24, 2.45) is 10.9 Å². The fourth-order valence-electron chi connectivity index (χ4n) is 3.56. The van der Waals surface area contributed by atoms with Crippen molar-refractivity contribution in [3.8, 4) is 0 Å². The van der Waals surface area contributed by atoms with E-state index in [9.17, 15) is 4.79 Å². The molecule has 1 aromatic heterocycles. The maximum atomic E-state index is 12.5. The van der Waals surface area contributed by atoms with Crippen LogP contribution < -0.4 is 10.6 Å². The molecule has 2 aliphatic rings. The summed E-state index contributed by atoms with van der Waals surface area (Å²) in [5, 5.41) is 13.6. The topological polar surface area (TPSA) is 85.4 Å². The van der Waals surface area contributed by atoms with Crippen molar-refractivity contribution in [2.45, 2.75) is 51.6 Å². The van der Waals surface area contributed by atoms with Crippen LogP contribution in [0.15, 0.2) is 17.3 Å². The molecule has 1 saturated carbocycles. The van der Waals surface area contributed by atoms with E-state index < -0.39 is 0 Å². The van der Waals surface area contributed by atoms with Crippen LogP contribution in [-0.2, 0) is 11.3 Å². The second-order valence-corrected chi connectivity index (χ2v) is 6.67. The zero-order valence-electron chi connectivity index (χ0n) is 14.8. The molecule has 1 unspecified atom stereocenters. The first kappa shape index (κ1) is 20.0. The highest BCUT2D eigenvalue weighted by Gasteiger charge is 2.32. The number of hydrogen-bond acceptors (Lipinski definition) is 3. The Balaban J connectivity index is 0.00000225. The summed E-state index contributed by atoms with van der Waals surface area (Å²) in [6.45, 7) is 5.06. The SMILES string of the molecule is CCNC(=NCc1ccn[nH]1)NC1CCN(C(=O)C2CCCC2)C1.I. The highest BCUT2D eigenvalue weighted by molar-refractivity contribution is 14.0. The molecule has 1 aliphatic heterocycles. The molecule has 1 saturated heterocycles. The standard InChI is InChI=1S/C17H28N6O.HI/c1-2-18-17(19-11-14-7-9-20-22-14)21-15-8-10-23(12-15)16(24)13-5-3-4-6-13;/h7,9,13,15H,2-6,8,10-12H2,1H3,(H,20,22)(H2,18,19,21);1H. The minimum absolute atomic E-state index is 0. The third kappa shape index (κ3) is 5.58. The molecule has 2 heterocycles. The molecule has 0 spiro atoms.